The van der Waals surface area contributed by atoms with Crippen LogP contribution in [0.1, 0.15) is 46.5 Å². The second-order valence-corrected chi connectivity index (χ2v) is 4.67. The summed E-state index contributed by atoms with van der Waals surface area (Å²) < 4.78 is 0. The van der Waals surface area contributed by atoms with Crippen molar-refractivity contribution in [3.8, 4) is 0 Å². The second kappa shape index (κ2) is 6.82. The number of rotatable bonds is 7. The highest BCUT2D eigenvalue weighted by Gasteiger charge is 2.12. The van der Waals surface area contributed by atoms with Gasteiger partial charge in [0.1, 0.15) is 0 Å². The van der Waals surface area contributed by atoms with E-state index in [0.717, 1.165) is 19.3 Å². The van der Waals surface area contributed by atoms with Crippen LogP contribution in [0.4, 0.5) is 0 Å². The van der Waals surface area contributed by atoms with Crippen LogP contribution in [0.3, 0.4) is 0 Å². The minimum atomic E-state index is -0.728. The minimum Gasteiger partial charge on any atom is -0.481 e. The summed E-state index contributed by atoms with van der Waals surface area (Å²) in [6.07, 6.45) is 3.18. The molecule has 0 aliphatic rings. The number of carboxylic acids is 1. The van der Waals surface area contributed by atoms with Crippen molar-refractivity contribution >= 4 is 5.97 Å². The third-order valence-electron chi connectivity index (χ3n) is 2.34. The summed E-state index contributed by atoms with van der Waals surface area (Å²) in [6, 6.07) is 0.159. The van der Waals surface area contributed by atoms with Gasteiger partial charge in [0.2, 0.25) is 0 Å². The zero-order valence-corrected chi connectivity index (χ0v) is 9.49. The van der Waals surface area contributed by atoms with Gasteiger partial charge in [-0.05, 0) is 31.1 Å². The van der Waals surface area contributed by atoms with Crippen LogP contribution in [0.5, 0.6) is 0 Å². The van der Waals surface area contributed by atoms with E-state index < -0.39 is 5.97 Å². The van der Waals surface area contributed by atoms with Gasteiger partial charge in [0.15, 0.2) is 0 Å². The Morgan fingerprint density at radius 1 is 1.29 bits per heavy atom. The Hall–Kier alpha value is -0.570. The SMILES string of the molecule is CC(C)CCC(N)CC(C)CC(=O)O. The molecule has 14 heavy (non-hydrogen) atoms. The van der Waals surface area contributed by atoms with Crippen LogP contribution in [0.15, 0.2) is 0 Å². The molecule has 0 rings (SSSR count). The number of carboxylic acid groups (broad SMARTS) is 1. The number of nitrogens with two attached hydrogens (primary N) is 1. The van der Waals surface area contributed by atoms with Crippen molar-refractivity contribution in [2.24, 2.45) is 17.6 Å². The lowest BCUT2D eigenvalue weighted by atomic mass is 9.94. The zero-order valence-electron chi connectivity index (χ0n) is 9.49. The summed E-state index contributed by atoms with van der Waals surface area (Å²) >= 11 is 0. The molecule has 0 aromatic carbocycles. The van der Waals surface area contributed by atoms with Crippen LogP contribution in [-0.2, 0) is 4.79 Å². The molecule has 0 heterocycles. The standard InChI is InChI=1S/C11H23NO2/c1-8(2)4-5-10(12)6-9(3)7-11(13)14/h8-10H,4-7,12H2,1-3H3,(H,13,14). The molecule has 3 N–H and O–H groups in total. The van der Waals surface area contributed by atoms with Crippen molar-refractivity contribution in [2.75, 3.05) is 0 Å². The molecule has 0 saturated heterocycles. The van der Waals surface area contributed by atoms with Gasteiger partial charge in [0.25, 0.3) is 0 Å². The lowest BCUT2D eigenvalue weighted by Crippen LogP contribution is -2.24. The molecule has 0 radical (unpaired) electrons. The van der Waals surface area contributed by atoms with E-state index in [9.17, 15) is 4.79 Å². The fraction of sp³-hybridized carbons (Fsp3) is 0.909. The van der Waals surface area contributed by atoms with E-state index in [1.807, 2.05) is 6.92 Å². The summed E-state index contributed by atoms with van der Waals surface area (Å²) in [5.74, 6) is 0.138. The van der Waals surface area contributed by atoms with Crippen LogP contribution >= 0.6 is 0 Å². The molecule has 0 fully saturated rings. The smallest absolute Gasteiger partial charge is 0.303 e. The Labute approximate surface area is 86.7 Å². The third kappa shape index (κ3) is 8.05. The first-order valence-corrected chi connectivity index (χ1v) is 5.39. The zero-order chi connectivity index (χ0) is 11.1. The van der Waals surface area contributed by atoms with Crippen LogP contribution in [0, 0.1) is 11.8 Å². The van der Waals surface area contributed by atoms with E-state index in [1.165, 1.54) is 0 Å². The van der Waals surface area contributed by atoms with E-state index >= 15 is 0 Å². The van der Waals surface area contributed by atoms with Crippen molar-refractivity contribution in [3.05, 3.63) is 0 Å². The van der Waals surface area contributed by atoms with E-state index in [1.54, 1.807) is 0 Å². The maximum Gasteiger partial charge on any atom is 0.303 e. The summed E-state index contributed by atoms with van der Waals surface area (Å²) in [5, 5.41) is 8.57. The highest BCUT2D eigenvalue weighted by Crippen LogP contribution is 2.14. The van der Waals surface area contributed by atoms with Gasteiger partial charge in [0.05, 0.1) is 0 Å². The van der Waals surface area contributed by atoms with Crippen molar-refractivity contribution in [3.63, 3.8) is 0 Å². The Morgan fingerprint density at radius 3 is 2.29 bits per heavy atom. The van der Waals surface area contributed by atoms with Crippen LogP contribution in [-0.4, -0.2) is 17.1 Å². The predicted molar refractivity (Wildman–Crippen MR) is 58.1 cm³/mol. The average molecular weight is 201 g/mol. The molecule has 0 saturated carbocycles. The van der Waals surface area contributed by atoms with Crippen LogP contribution in [0.2, 0.25) is 0 Å². The van der Waals surface area contributed by atoms with Gasteiger partial charge < -0.3 is 10.8 Å². The van der Waals surface area contributed by atoms with E-state index in [-0.39, 0.29) is 18.4 Å². The number of aliphatic carboxylic acids is 1. The molecule has 0 spiro atoms. The summed E-state index contributed by atoms with van der Waals surface area (Å²) in [5.41, 5.74) is 5.91. The fourth-order valence-corrected chi connectivity index (χ4v) is 1.56. The van der Waals surface area contributed by atoms with Crippen molar-refractivity contribution in [2.45, 2.75) is 52.5 Å². The highest BCUT2D eigenvalue weighted by molar-refractivity contribution is 5.66. The van der Waals surface area contributed by atoms with Gasteiger partial charge in [0, 0.05) is 12.5 Å². The molecule has 0 aliphatic carbocycles. The van der Waals surface area contributed by atoms with Gasteiger partial charge in [-0.3, -0.25) is 4.79 Å². The lowest BCUT2D eigenvalue weighted by Gasteiger charge is -2.16. The van der Waals surface area contributed by atoms with Gasteiger partial charge in [-0.15, -0.1) is 0 Å². The first-order chi connectivity index (χ1) is 6.41. The lowest BCUT2D eigenvalue weighted by molar-refractivity contribution is -0.138. The maximum absolute atomic E-state index is 10.4. The Bertz CT molecular complexity index is 169. The number of hydrogen-bond donors (Lipinski definition) is 2. The van der Waals surface area contributed by atoms with Crippen molar-refractivity contribution in [1.82, 2.24) is 0 Å². The third-order valence-corrected chi connectivity index (χ3v) is 2.34. The molecular weight excluding hydrogens is 178 g/mol. The molecule has 2 atom stereocenters. The number of carbonyl (C=O) groups is 1. The van der Waals surface area contributed by atoms with Gasteiger partial charge in [-0.2, -0.15) is 0 Å². The molecule has 2 unspecified atom stereocenters. The normalized spacial score (nSPS) is 15.5. The van der Waals surface area contributed by atoms with Gasteiger partial charge in [-0.25, -0.2) is 0 Å². The van der Waals surface area contributed by atoms with E-state index in [0.29, 0.717) is 5.92 Å². The number of hydrogen-bond acceptors (Lipinski definition) is 2. The maximum atomic E-state index is 10.4. The second-order valence-electron chi connectivity index (χ2n) is 4.67. The molecule has 0 aromatic heterocycles. The fourth-order valence-electron chi connectivity index (χ4n) is 1.56. The summed E-state index contributed by atoms with van der Waals surface area (Å²) in [7, 11) is 0. The quantitative estimate of drug-likeness (QED) is 0.664. The Balaban J connectivity index is 3.59. The Kier molecular flexibility index (Phi) is 6.54. The van der Waals surface area contributed by atoms with Gasteiger partial charge in [-0.1, -0.05) is 20.8 Å². The molecule has 0 aliphatic heterocycles. The topological polar surface area (TPSA) is 63.3 Å². The molecule has 0 amide bonds. The predicted octanol–water partition coefficient (Wildman–Crippen LogP) is 2.25. The molecule has 3 nitrogen and oxygen atoms in total. The summed E-state index contributed by atoms with van der Waals surface area (Å²) in [4.78, 5) is 10.4. The van der Waals surface area contributed by atoms with E-state index in [4.69, 9.17) is 10.8 Å². The largest absolute Gasteiger partial charge is 0.481 e. The van der Waals surface area contributed by atoms with E-state index in [2.05, 4.69) is 13.8 Å². The molecular formula is C11H23NO2. The average Bonchev–Trinajstić information content (AvgIpc) is 1.98. The monoisotopic (exact) mass is 201 g/mol. The molecule has 0 bridgehead atoms. The van der Waals surface area contributed by atoms with Crippen LogP contribution < -0.4 is 5.73 Å². The molecule has 84 valence electrons. The minimum absolute atomic E-state index is 0.159. The highest BCUT2D eigenvalue weighted by atomic mass is 16.4. The molecule has 3 heteroatoms. The molecule has 0 aromatic rings. The summed E-state index contributed by atoms with van der Waals surface area (Å²) in [6.45, 7) is 6.30. The van der Waals surface area contributed by atoms with Crippen molar-refractivity contribution < 1.29 is 9.90 Å². The first kappa shape index (κ1) is 13.4. The first-order valence-electron chi connectivity index (χ1n) is 5.39. The van der Waals surface area contributed by atoms with Crippen molar-refractivity contribution in [1.29, 1.82) is 0 Å². The van der Waals surface area contributed by atoms with Gasteiger partial charge >= 0.3 is 5.97 Å². The van der Waals surface area contributed by atoms with Crippen LogP contribution in [0.25, 0.3) is 0 Å². The Morgan fingerprint density at radius 2 is 1.86 bits per heavy atom.